The van der Waals surface area contributed by atoms with Gasteiger partial charge in [-0.15, -0.1) is 0 Å². The van der Waals surface area contributed by atoms with Crippen LogP contribution in [0.2, 0.25) is 0 Å². The number of rotatable bonds is 5. The number of aliphatic carboxylic acids is 1. The van der Waals surface area contributed by atoms with Crippen LogP contribution < -0.4 is 4.74 Å². The van der Waals surface area contributed by atoms with E-state index in [0.29, 0.717) is 11.3 Å². The third-order valence-electron chi connectivity index (χ3n) is 4.02. The van der Waals surface area contributed by atoms with Crippen LogP contribution in [-0.2, 0) is 10.4 Å². The molecule has 3 aromatic rings. The molecule has 0 aliphatic rings. The molecular weight excluding hydrogens is 300 g/mol. The van der Waals surface area contributed by atoms with Crippen molar-refractivity contribution in [1.29, 1.82) is 0 Å². The van der Waals surface area contributed by atoms with Crippen LogP contribution in [0.25, 0.3) is 11.1 Å². The minimum absolute atomic E-state index is 0.523. The summed E-state index contributed by atoms with van der Waals surface area (Å²) in [5, 5.41) is 9.71. The Balaban J connectivity index is 1.93. The summed E-state index contributed by atoms with van der Waals surface area (Å²) in [5.41, 5.74) is 1.27. The molecule has 3 heteroatoms. The molecule has 3 rings (SSSR count). The van der Waals surface area contributed by atoms with Gasteiger partial charge in [0.25, 0.3) is 0 Å². The fourth-order valence-electron chi connectivity index (χ4n) is 2.56. The van der Waals surface area contributed by atoms with E-state index in [0.717, 1.165) is 11.1 Å². The molecule has 24 heavy (non-hydrogen) atoms. The van der Waals surface area contributed by atoms with Gasteiger partial charge in [0.15, 0.2) is 0 Å². The Morgan fingerprint density at radius 2 is 1.29 bits per heavy atom. The zero-order valence-electron chi connectivity index (χ0n) is 13.3. The molecule has 0 saturated heterocycles. The van der Waals surface area contributed by atoms with Gasteiger partial charge in [0.05, 0.1) is 0 Å². The van der Waals surface area contributed by atoms with Gasteiger partial charge < -0.3 is 9.84 Å². The maximum Gasteiger partial charge on any atom is 0.352 e. The Hall–Kier alpha value is -3.07. The van der Waals surface area contributed by atoms with E-state index >= 15 is 0 Å². The Bertz CT molecular complexity index is 811. The number of hydrogen-bond donors (Lipinski definition) is 1. The molecule has 0 bridgehead atoms. The molecule has 0 amide bonds. The second-order valence-corrected chi connectivity index (χ2v) is 5.70. The normalized spacial score (nSPS) is 13.0. The molecule has 0 radical (unpaired) electrons. The van der Waals surface area contributed by atoms with Gasteiger partial charge in [0.2, 0.25) is 5.60 Å². The Morgan fingerprint density at radius 1 is 0.792 bits per heavy atom. The molecule has 0 saturated carbocycles. The molecule has 1 N–H and O–H groups in total. The maximum atomic E-state index is 11.9. The molecule has 0 fully saturated rings. The van der Waals surface area contributed by atoms with Gasteiger partial charge >= 0.3 is 5.97 Å². The standard InChI is InChI=1S/C21H18O3/c1-21(20(22)23,24-19-10-6-3-7-11-19)18-14-12-17(13-15-18)16-8-4-2-5-9-16/h2-15H,1H3,(H,22,23). The van der Waals surface area contributed by atoms with Crippen molar-refractivity contribution in [2.45, 2.75) is 12.5 Å². The summed E-state index contributed by atoms with van der Waals surface area (Å²) in [6, 6.07) is 26.4. The topological polar surface area (TPSA) is 46.5 Å². The molecule has 1 unspecified atom stereocenters. The second kappa shape index (κ2) is 6.59. The highest BCUT2D eigenvalue weighted by atomic mass is 16.5. The Morgan fingerprint density at radius 3 is 1.83 bits per heavy atom. The van der Waals surface area contributed by atoms with E-state index in [2.05, 4.69) is 0 Å². The fraction of sp³-hybridized carbons (Fsp3) is 0.0952. The lowest BCUT2D eigenvalue weighted by Gasteiger charge is -2.27. The summed E-state index contributed by atoms with van der Waals surface area (Å²) >= 11 is 0. The average Bonchev–Trinajstić information content (AvgIpc) is 2.63. The van der Waals surface area contributed by atoms with E-state index in [-0.39, 0.29) is 0 Å². The van der Waals surface area contributed by atoms with E-state index < -0.39 is 11.6 Å². The number of carboxylic acids is 1. The summed E-state index contributed by atoms with van der Waals surface area (Å²) < 4.78 is 5.80. The number of ether oxygens (including phenoxy) is 1. The van der Waals surface area contributed by atoms with Crippen LogP contribution in [0.1, 0.15) is 12.5 Å². The molecule has 120 valence electrons. The summed E-state index contributed by atoms with van der Waals surface area (Å²) in [6.45, 7) is 1.57. The first-order valence-electron chi connectivity index (χ1n) is 7.73. The summed E-state index contributed by atoms with van der Waals surface area (Å²) in [4.78, 5) is 11.9. The molecule has 0 spiro atoms. The van der Waals surface area contributed by atoms with Gasteiger partial charge in [-0.2, -0.15) is 0 Å². The van der Waals surface area contributed by atoms with Gasteiger partial charge in [-0.05, 0) is 30.2 Å². The third kappa shape index (κ3) is 3.15. The van der Waals surface area contributed by atoms with E-state index in [1.54, 1.807) is 31.2 Å². The van der Waals surface area contributed by atoms with Crippen molar-refractivity contribution in [3.8, 4) is 16.9 Å². The van der Waals surface area contributed by atoms with Crippen molar-refractivity contribution in [1.82, 2.24) is 0 Å². The van der Waals surface area contributed by atoms with Crippen molar-refractivity contribution in [2.24, 2.45) is 0 Å². The molecule has 1 atom stereocenters. The lowest BCUT2D eigenvalue weighted by Crippen LogP contribution is -2.38. The van der Waals surface area contributed by atoms with Crippen LogP contribution >= 0.6 is 0 Å². The highest BCUT2D eigenvalue weighted by Crippen LogP contribution is 2.30. The van der Waals surface area contributed by atoms with Gasteiger partial charge in [0.1, 0.15) is 5.75 Å². The van der Waals surface area contributed by atoms with E-state index in [1.807, 2.05) is 60.7 Å². The number of carbonyl (C=O) groups is 1. The predicted octanol–water partition coefficient (Wildman–Crippen LogP) is 4.73. The van der Waals surface area contributed by atoms with E-state index in [1.165, 1.54) is 0 Å². The molecular formula is C21H18O3. The molecule has 0 aromatic heterocycles. The first kappa shape index (κ1) is 15.8. The van der Waals surface area contributed by atoms with Gasteiger partial charge in [-0.1, -0.05) is 72.8 Å². The lowest BCUT2D eigenvalue weighted by molar-refractivity contribution is -0.154. The van der Waals surface area contributed by atoms with Gasteiger partial charge in [-0.3, -0.25) is 0 Å². The van der Waals surface area contributed by atoms with Crippen molar-refractivity contribution < 1.29 is 14.6 Å². The third-order valence-corrected chi connectivity index (χ3v) is 4.02. The van der Waals surface area contributed by atoms with Crippen molar-refractivity contribution in [3.05, 3.63) is 90.5 Å². The fourth-order valence-corrected chi connectivity index (χ4v) is 2.56. The quantitative estimate of drug-likeness (QED) is 0.739. The molecule has 0 aliphatic heterocycles. The minimum Gasteiger partial charge on any atom is -0.478 e. The summed E-state index contributed by atoms with van der Waals surface area (Å²) in [5.74, 6) is -0.506. The zero-order valence-corrected chi connectivity index (χ0v) is 13.3. The van der Waals surface area contributed by atoms with Crippen LogP contribution in [-0.4, -0.2) is 11.1 Å². The summed E-state index contributed by atoms with van der Waals surface area (Å²) in [6.07, 6.45) is 0. The molecule has 3 nitrogen and oxygen atoms in total. The monoisotopic (exact) mass is 318 g/mol. The van der Waals surface area contributed by atoms with E-state index in [4.69, 9.17) is 4.74 Å². The van der Waals surface area contributed by atoms with Crippen LogP contribution in [0, 0.1) is 0 Å². The highest BCUT2D eigenvalue weighted by molar-refractivity contribution is 5.80. The second-order valence-electron chi connectivity index (χ2n) is 5.70. The SMILES string of the molecule is CC(Oc1ccccc1)(C(=O)O)c1ccc(-c2ccccc2)cc1. The Kier molecular flexibility index (Phi) is 4.34. The van der Waals surface area contributed by atoms with E-state index in [9.17, 15) is 9.90 Å². The van der Waals surface area contributed by atoms with Crippen LogP contribution in [0.3, 0.4) is 0 Å². The average molecular weight is 318 g/mol. The van der Waals surface area contributed by atoms with Crippen LogP contribution in [0.5, 0.6) is 5.75 Å². The smallest absolute Gasteiger partial charge is 0.352 e. The predicted molar refractivity (Wildman–Crippen MR) is 93.9 cm³/mol. The van der Waals surface area contributed by atoms with Crippen molar-refractivity contribution >= 4 is 5.97 Å². The van der Waals surface area contributed by atoms with Crippen LogP contribution in [0.4, 0.5) is 0 Å². The first-order valence-corrected chi connectivity index (χ1v) is 7.73. The highest BCUT2D eigenvalue weighted by Gasteiger charge is 2.37. The lowest BCUT2D eigenvalue weighted by atomic mass is 9.93. The van der Waals surface area contributed by atoms with Gasteiger partial charge in [-0.25, -0.2) is 4.79 Å². The van der Waals surface area contributed by atoms with Crippen LogP contribution in [0.15, 0.2) is 84.9 Å². The van der Waals surface area contributed by atoms with Crippen molar-refractivity contribution in [2.75, 3.05) is 0 Å². The molecule has 3 aromatic carbocycles. The number of hydrogen-bond acceptors (Lipinski definition) is 2. The zero-order chi connectivity index (χ0) is 17.0. The molecule has 0 aliphatic carbocycles. The number of benzene rings is 3. The Labute approximate surface area is 141 Å². The van der Waals surface area contributed by atoms with Crippen molar-refractivity contribution in [3.63, 3.8) is 0 Å². The maximum absolute atomic E-state index is 11.9. The minimum atomic E-state index is -1.45. The molecule has 0 heterocycles. The number of carboxylic acid groups (broad SMARTS) is 1. The largest absolute Gasteiger partial charge is 0.478 e. The van der Waals surface area contributed by atoms with Gasteiger partial charge in [0, 0.05) is 5.56 Å². The first-order chi connectivity index (χ1) is 11.6. The summed E-state index contributed by atoms with van der Waals surface area (Å²) in [7, 11) is 0. The number of para-hydroxylation sites is 1.